The molecule has 83 heavy (non-hydrogen) atoms. The molecule has 0 spiro atoms. The van der Waals surface area contributed by atoms with E-state index in [1.54, 1.807) is 0 Å². The topological polar surface area (TPSA) is 78.9 Å². The van der Waals surface area contributed by atoms with Crippen molar-refractivity contribution in [2.75, 3.05) is 13.2 Å². The highest BCUT2D eigenvalue weighted by atomic mass is 16.6. The van der Waals surface area contributed by atoms with E-state index in [4.69, 9.17) is 14.2 Å². The lowest BCUT2D eigenvalue weighted by Crippen LogP contribution is -2.30. The van der Waals surface area contributed by atoms with Gasteiger partial charge < -0.3 is 14.2 Å². The van der Waals surface area contributed by atoms with Gasteiger partial charge in [0.15, 0.2) is 6.10 Å². The maximum Gasteiger partial charge on any atom is 0.306 e. The lowest BCUT2D eigenvalue weighted by atomic mass is 10.0. The van der Waals surface area contributed by atoms with Crippen LogP contribution in [0.1, 0.15) is 380 Å². The van der Waals surface area contributed by atoms with Crippen LogP contribution in [0.3, 0.4) is 0 Å². The summed E-state index contributed by atoms with van der Waals surface area (Å²) in [5.41, 5.74) is 0. The Labute approximate surface area is 516 Å². The molecule has 0 N–H and O–H groups in total. The van der Waals surface area contributed by atoms with E-state index in [9.17, 15) is 14.4 Å². The van der Waals surface area contributed by atoms with Gasteiger partial charge in [-0.2, -0.15) is 0 Å². The Bertz CT molecular complexity index is 1520. The fraction of sp³-hybridized carbons (Fsp3) is 0.805. The molecule has 0 fully saturated rings. The molecule has 0 amide bonds. The molecule has 0 heterocycles. The minimum Gasteiger partial charge on any atom is -0.462 e. The van der Waals surface area contributed by atoms with Gasteiger partial charge in [0.05, 0.1) is 0 Å². The third-order valence-electron chi connectivity index (χ3n) is 16.2. The van der Waals surface area contributed by atoms with Crippen LogP contribution in [0.2, 0.25) is 0 Å². The average molecular weight is 1160 g/mol. The van der Waals surface area contributed by atoms with E-state index in [0.29, 0.717) is 19.3 Å². The summed E-state index contributed by atoms with van der Waals surface area (Å²) in [7, 11) is 0. The van der Waals surface area contributed by atoms with E-state index in [1.807, 2.05) is 0 Å². The second-order valence-electron chi connectivity index (χ2n) is 24.5. The van der Waals surface area contributed by atoms with E-state index < -0.39 is 6.10 Å². The Morgan fingerprint density at radius 2 is 0.470 bits per heavy atom. The molecule has 0 saturated carbocycles. The minimum atomic E-state index is -0.787. The molecule has 0 aliphatic carbocycles. The van der Waals surface area contributed by atoms with Gasteiger partial charge in [-0.25, -0.2) is 0 Å². The van der Waals surface area contributed by atoms with Crippen molar-refractivity contribution in [3.8, 4) is 0 Å². The van der Waals surface area contributed by atoms with Gasteiger partial charge in [-0.15, -0.1) is 0 Å². The highest BCUT2D eigenvalue weighted by Gasteiger charge is 2.19. The van der Waals surface area contributed by atoms with Crippen molar-refractivity contribution in [2.45, 2.75) is 386 Å². The van der Waals surface area contributed by atoms with E-state index in [1.165, 1.54) is 231 Å². The number of rotatable bonds is 67. The first-order chi connectivity index (χ1) is 41.0. The number of hydrogen-bond acceptors (Lipinski definition) is 6. The molecule has 0 saturated heterocycles. The molecular formula is C77H138O6. The molecule has 0 aliphatic heterocycles. The molecule has 0 aliphatic rings. The summed E-state index contributed by atoms with van der Waals surface area (Å²) >= 11 is 0. The zero-order chi connectivity index (χ0) is 59.9. The summed E-state index contributed by atoms with van der Waals surface area (Å²) in [6, 6.07) is 0. The van der Waals surface area contributed by atoms with Crippen LogP contribution in [0.4, 0.5) is 0 Å². The monoisotopic (exact) mass is 1160 g/mol. The van der Waals surface area contributed by atoms with Crippen molar-refractivity contribution in [1.29, 1.82) is 0 Å². The Kier molecular flexibility index (Phi) is 68.6. The normalized spacial score (nSPS) is 12.5. The Morgan fingerprint density at radius 3 is 0.747 bits per heavy atom. The third kappa shape index (κ3) is 69.5. The fourth-order valence-electron chi connectivity index (χ4n) is 10.7. The summed E-state index contributed by atoms with van der Waals surface area (Å²) in [5.74, 6) is -0.887. The van der Waals surface area contributed by atoms with Crippen molar-refractivity contribution < 1.29 is 28.6 Å². The standard InChI is InChI=1S/C77H138O6/c1-4-7-10-13-16-19-22-25-28-29-30-31-32-33-34-35-36-37-38-39-40-41-42-43-44-45-46-47-50-52-55-58-61-64-67-70-76(79)82-73-74(83-77(80)71-68-65-62-59-56-53-49-27-24-21-18-15-12-9-6-3)72-81-75(78)69-66-63-60-57-54-51-48-26-23-20-17-14-11-8-5-2/h9,12,18,21-22,25-27,29-30,48-49,74H,4-8,10-11,13-17,19-20,23-24,28,31-47,50-73H2,1-3H3/b12-9-,21-18-,25-22-,30-29-,48-26-,49-27-. The molecule has 0 aromatic carbocycles. The summed E-state index contributed by atoms with van der Waals surface area (Å²) in [6.07, 6.45) is 93.9. The number of carbonyl (C=O) groups excluding carboxylic acids is 3. The lowest BCUT2D eigenvalue weighted by Gasteiger charge is -2.18. The van der Waals surface area contributed by atoms with Crippen LogP contribution in [-0.4, -0.2) is 37.2 Å². The molecule has 0 aromatic heterocycles. The van der Waals surface area contributed by atoms with Crippen molar-refractivity contribution in [2.24, 2.45) is 0 Å². The molecule has 0 aromatic rings. The Hall–Kier alpha value is -3.15. The molecule has 1 unspecified atom stereocenters. The van der Waals surface area contributed by atoms with Gasteiger partial charge in [0.2, 0.25) is 0 Å². The second-order valence-corrected chi connectivity index (χ2v) is 24.5. The van der Waals surface area contributed by atoms with Crippen LogP contribution in [0, 0.1) is 0 Å². The summed E-state index contributed by atoms with van der Waals surface area (Å²) < 4.78 is 16.9. The number of esters is 3. The van der Waals surface area contributed by atoms with Gasteiger partial charge in [-0.3, -0.25) is 14.4 Å². The van der Waals surface area contributed by atoms with Crippen molar-refractivity contribution in [1.82, 2.24) is 0 Å². The first kappa shape index (κ1) is 79.8. The Balaban J connectivity index is 4.11. The molecule has 482 valence electrons. The van der Waals surface area contributed by atoms with Gasteiger partial charge in [0, 0.05) is 19.3 Å². The predicted octanol–water partition coefficient (Wildman–Crippen LogP) is 25.2. The largest absolute Gasteiger partial charge is 0.462 e. The number of unbranched alkanes of at least 4 members (excludes halogenated alkanes) is 44. The molecule has 0 rings (SSSR count). The summed E-state index contributed by atoms with van der Waals surface area (Å²) in [4.78, 5) is 38.4. The smallest absolute Gasteiger partial charge is 0.306 e. The average Bonchev–Trinajstić information content (AvgIpc) is 3.50. The van der Waals surface area contributed by atoms with Gasteiger partial charge in [-0.1, -0.05) is 325 Å². The van der Waals surface area contributed by atoms with Crippen LogP contribution in [0.15, 0.2) is 72.9 Å². The summed E-state index contributed by atoms with van der Waals surface area (Å²) in [6.45, 7) is 6.54. The van der Waals surface area contributed by atoms with Crippen LogP contribution in [0.25, 0.3) is 0 Å². The van der Waals surface area contributed by atoms with Gasteiger partial charge in [0.1, 0.15) is 13.2 Å². The van der Waals surface area contributed by atoms with Crippen LogP contribution >= 0.6 is 0 Å². The number of allylic oxidation sites excluding steroid dienone is 12. The van der Waals surface area contributed by atoms with Gasteiger partial charge in [-0.05, 0) is 109 Å². The molecular weight excluding hydrogens is 1020 g/mol. The van der Waals surface area contributed by atoms with Crippen molar-refractivity contribution in [3.63, 3.8) is 0 Å². The number of ether oxygens (including phenoxy) is 3. The van der Waals surface area contributed by atoms with Crippen LogP contribution in [0.5, 0.6) is 0 Å². The highest BCUT2D eigenvalue weighted by molar-refractivity contribution is 5.71. The van der Waals surface area contributed by atoms with E-state index in [2.05, 4.69) is 93.7 Å². The molecule has 1 atom stereocenters. The zero-order valence-electron chi connectivity index (χ0n) is 55.5. The van der Waals surface area contributed by atoms with Crippen LogP contribution < -0.4 is 0 Å². The Morgan fingerprint density at radius 1 is 0.253 bits per heavy atom. The minimum absolute atomic E-state index is 0.0813. The molecule has 6 nitrogen and oxygen atoms in total. The second kappa shape index (κ2) is 71.3. The van der Waals surface area contributed by atoms with Gasteiger partial charge >= 0.3 is 17.9 Å². The first-order valence-corrected chi connectivity index (χ1v) is 36.4. The van der Waals surface area contributed by atoms with Crippen molar-refractivity contribution >= 4 is 17.9 Å². The molecule has 6 heteroatoms. The fourth-order valence-corrected chi connectivity index (χ4v) is 10.7. The SMILES string of the molecule is CC/C=C\C/C=C\C/C=C\CCCCCCCC(=O)OC(COC(=O)CCCCCCC/C=C\CCCCCCCC)COC(=O)CCCCCCCCCCCCCCCCCCCCCCCCC/C=C\C/C=C\CCCCCCC. The van der Waals surface area contributed by atoms with E-state index in [-0.39, 0.29) is 31.1 Å². The highest BCUT2D eigenvalue weighted by Crippen LogP contribution is 2.18. The maximum atomic E-state index is 12.9. The van der Waals surface area contributed by atoms with Crippen molar-refractivity contribution in [3.05, 3.63) is 72.9 Å². The summed E-state index contributed by atoms with van der Waals surface area (Å²) in [5, 5.41) is 0. The lowest BCUT2D eigenvalue weighted by molar-refractivity contribution is -0.167. The van der Waals surface area contributed by atoms with Crippen LogP contribution in [-0.2, 0) is 28.6 Å². The van der Waals surface area contributed by atoms with Gasteiger partial charge in [0.25, 0.3) is 0 Å². The van der Waals surface area contributed by atoms with E-state index in [0.717, 1.165) is 109 Å². The third-order valence-corrected chi connectivity index (χ3v) is 16.2. The van der Waals surface area contributed by atoms with E-state index >= 15 is 0 Å². The quantitative estimate of drug-likeness (QED) is 0.0261. The first-order valence-electron chi connectivity index (χ1n) is 36.4. The number of hydrogen-bond donors (Lipinski definition) is 0. The maximum absolute atomic E-state index is 12.9. The molecule has 0 radical (unpaired) electrons. The molecule has 0 bridgehead atoms. The zero-order valence-corrected chi connectivity index (χ0v) is 55.5. The number of carbonyl (C=O) groups is 3. The predicted molar refractivity (Wildman–Crippen MR) is 362 cm³/mol.